The van der Waals surface area contributed by atoms with Crippen molar-refractivity contribution in [2.45, 2.75) is 25.8 Å². The van der Waals surface area contributed by atoms with Gasteiger partial charge in [-0.25, -0.2) is 8.78 Å². The van der Waals surface area contributed by atoms with Gasteiger partial charge in [0.2, 0.25) is 5.91 Å². The zero-order valence-corrected chi connectivity index (χ0v) is 11.8. The minimum absolute atomic E-state index is 0.0200. The van der Waals surface area contributed by atoms with Gasteiger partial charge < -0.3 is 10.2 Å². The first-order valence-electron chi connectivity index (χ1n) is 6.93. The van der Waals surface area contributed by atoms with Crippen molar-refractivity contribution in [3.8, 4) is 0 Å². The molecule has 2 rings (SSSR count). The van der Waals surface area contributed by atoms with E-state index in [4.69, 9.17) is 0 Å². The van der Waals surface area contributed by atoms with Crippen molar-refractivity contribution in [3.05, 3.63) is 35.4 Å². The quantitative estimate of drug-likeness (QED) is 0.923. The fourth-order valence-corrected chi connectivity index (χ4v) is 2.58. The average molecular weight is 282 g/mol. The Morgan fingerprint density at radius 1 is 1.45 bits per heavy atom. The summed E-state index contributed by atoms with van der Waals surface area (Å²) >= 11 is 0. The van der Waals surface area contributed by atoms with Gasteiger partial charge in [-0.05, 0) is 44.5 Å². The van der Waals surface area contributed by atoms with Gasteiger partial charge in [0.05, 0.1) is 12.0 Å². The standard InChI is InChI=1S/C15H20F2N2O/c1-10(13-8-12(16)5-6-14(13)17)19(2)15(20)11-4-3-7-18-9-11/h5-6,8,10-11,18H,3-4,7,9H2,1-2H3. The minimum atomic E-state index is -0.492. The molecule has 2 unspecified atom stereocenters. The van der Waals surface area contributed by atoms with E-state index < -0.39 is 17.7 Å². The van der Waals surface area contributed by atoms with E-state index in [1.807, 2.05) is 0 Å². The van der Waals surface area contributed by atoms with Crippen LogP contribution in [0.1, 0.15) is 31.4 Å². The van der Waals surface area contributed by atoms with E-state index in [0.29, 0.717) is 6.54 Å². The first kappa shape index (κ1) is 14.9. The van der Waals surface area contributed by atoms with Gasteiger partial charge in [0.25, 0.3) is 0 Å². The summed E-state index contributed by atoms with van der Waals surface area (Å²) in [6.45, 7) is 3.30. The number of piperidine rings is 1. The van der Waals surface area contributed by atoms with Crippen molar-refractivity contribution >= 4 is 5.91 Å². The molecule has 1 aromatic rings. The number of benzene rings is 1. The minimum Gasteiger partial charge on any atom is -0.339 e. The summed E-state index contributed by atoms with van der Waals surface area (Å²) in [6, 6.07) is 2.85. The molecular weight excluding hydrogens is 262 g/mol. The molecule has 1 heterocycles. The fraction of sp³-hybridized carbons (Fsp3) is 0.533. The van der Waals surface area contributed by atoms with E-state index in [-0.39, 0.29) is 17.4 Å². The molecule has 5 heteroatoms. The van der Waals surface area contributed by atoms with Crippen LogP contribution >= 0.6 is 0 Å². The number of carbonyl (C=O) groups is 1. The van der Waals surface area contributed by atoms with Crippen molar-refractivity contribution < 1.29 is 13.6 Å². The molecule has 0 radical (unpaired) electrons. The second-order valence-electron chi connectivity index (χ2n) is 5.33. The van der Waals surface area contributed by atoms with E-state index in [9.17, 15) is 13.6 Å². The lowest BCUT2D eigenvalue weighted by atomic mass is 9.96. The average Bonchev–Trinajstić information content (AvgIpc) is 2.48. The molecule has 1 fully saturated rings. The maximum atomic E-state index is 13.8. The van der Waals surface area contributed by atoms with Crippen LogP contribution < -0.4 is 5.32 Å². The maximum Gasteiger partial charge on any atom is 0.227 e. The predicted octanol–water partition coefficient (Wildman–Crippen LogP) is 2.48. The number of amides is 1. The largest absolute Gasteiger partial charge is 0.339 e. The number of nitrogens with zero attached hydrogens (tertiary/aromatic N) is 1. The highest BCUT2D eigenvalue weighted by Gasteiger charge is 2.28. The second-order valence-corrected chi connectivity index (χ2v) is 5.33. The number of hydrogen-bond acceptors (Lipinski definition) is 2. The van der Waals surface area contributed by atoms with Gasteiger partial charge >= 0.3 is 0 Å². The molecule has 0 bridgehead atoms. The molecule has 2 atom stereocenters. The van der Waals surface area contributed by atoms with Gasteiger partial charge in [0.1, 0.15) is 11.6 Å². The Morgan fingerprint density at radius 2 is 2.20 bits per heavy atom. The highest BCUT2D eigenvalue weighted by molar-refractivity contribution is 5.79. The van der Waals surface area contributed by atoms with Crippen LogP contribution in [0.25, 0.3) is 0 Å². The molecule has 1 N–H and O–H groups in total. The highest BCUT2D eigenvalue weighted by Crippen LogP contribution is 2.25. The Balaban J connectivity index is 2.12. The van der Waals surface area contributed by atoms with E-state index in [1.165, 1.54) is 4.90 Å². The van der Waals surface area contributed by atoms with Gasteiger partial charge in [0.15, 0.2) is 0 Å². The molecule has 110 valence electrons. The smallest absolute Gasteiger partial charge is 0.227 e. The lowest BCUT2D eigenvalue weighted by Gasteiger charge is -2.31. The lowest BCUT2D eigenvalue weighted by molar-refractivity contribution is -0.136. The molecule has 1 saturated heterocycles. The first-order valence-corrected chi connectivity index (χ1v) is 6.93. The zero-order valence-electron chi connectivity index (χ0n) is 11.8. The summed E-state index contributed by atoms with van der Waals surface area (Å²) in [5.74, 6) is -1.07. The van der Waals surface area contributed by atoms with Crippen molar-refractivity contribution in [3.63, 3.8) is 0 Å². The van der Waals surface area contributed by atoms with E-state index in [0.717, 1.165) is 37.6 Å². The number of hydrogen-bond donors (Lipinski definition) is 1. The van der Waals surface area contributed by atoms with Crippen LogP contribution in [-0.4, -0.2) is 30.9 Å². The summed E-state index contributed by atoms with van der Waals surface area (Å²) in [5, 5.41) is 3.19. The van der Waals surface area contributed by atoms with Gasteiger partial charge in [0, 0.05) is 19.2 Å². The summed E-state index contributed by atoms with van der Waals surface area (Å²) < 4.78 is 27.0. The summed E-state index contributed by atoms with van der Waals surface area (Å²) in [4.78, 5) is 13.9. The highest BCUT2D eigenvalue weighted by atomic mass is 19.1. The van der Waals surface area contributed by atoms with Crippen LogP contribution in [-0.2, 0) is 4.79 Å². The molecule has 3 nitrogen and oxygen atoms in total. The van der Waals surface area contributed by atoms with Crippen molar-refractivity contribution in [1.82, 2.24) is 10.2 Å². The Hall–Kier alpha value is -1.49. The summed E-state index contributed by atoms with van der Waals surface area (Å²) in [7, 11) is 1.64. The Kier molecular flexibility index (Phi) is 4.70. The number of halogens is 2. The van der Waals surface area contributed by atoms with Gasteiger partial charge in [-0.3, -0.25) is 4.79 Å². The van der Waals surface area contributed by atoms with Crippen LogP contribution in [0, 0.1) is 17.6 Å². The van der Waals surface area contributed by atoms with Crippen LogP contribution in [0.2, 0.25) is 0 Å². The normalized spacial score (nSPS) is 20.5. The molecule has 1 amide bonds. The molecule has 1 aliphatic rings. The second kappa shape index (κ2) is 6.31. The SMILES string of the molecule is CC(c1cc(F)ccc1F)N(C)C(=O)C1CCCNC1. The van der Waals surface area contributed by atoms with E-state index in [2.05, 4.69) is 5.32 Å². The maximum absolute atomic E-state index is 13.8. The Labute approximate surface area is 118 Å². The molecule has 20 heavy (non-hydrogen) atoms. The van der Waals surface area contributed by atoms with Crippen molar-refractivity contribution in [2.24, 2.45) is 5.92 Å². The number of carbonyl (C=O) groups excluding carboxylic acids is 1. The Bertz CT molecular complexity index is 487. The predicted molar refractivity (Wildman–Crippen MR) is 73.1 cm³/mol. The van der Waals surface area contributed by atoms with Crippen LogP contribution in [0.3, 0.4) is 0 Å². The molecule has 0 saturated carbocycles. The Morgan fingerprint density at radius 3 is 2.85 bits per heavy atom. The summed E-state index contributed by atoms with van der Waals surface area (Å²) in [5.41, 5.74) is 0.213. The van der Waals surface area contributed by atoms with Crippen molar-refractivity contribution in [1.29, 1.82) is 0 Å². The number of rotatable bonds is 3. The van der Waals surface area contributed by atoms with Crippen molar-refractivity contribution in [2.75, 3.05) is 20.1 Å². The third kappa shape index (κ3) is 3.15. The van der Waals surface area contributed by atoms with E-state index in [1.54, 1.807) is 14.0 Å². The van der Waals surface area contributed by atoms with Crippen LogP contribution in [0.5, 0.6) is 0 Å². The molecule has 0 spiro atoms. The zero-order chi connectivity index (χ0) is 14.7. The lowest BCUT2D eigenvalue weighted by Crippen LogP contribution is -2.42. The fourth-order valence-electron chi connectivity index (χ4n) is 2.58. The molecule has 0 aliphatic carbocycles. The molecule has 1 aromatic carbocycles. The third-order valence-electron chi connectivity index (χ3n) is 3.98. The molecular formula is C15H20F2N2O. The monoisotopic (exact) mass is 282 g/mol. The molecule has 0 aromatic heterocycles. The van der Waals surface area contributed by atoms with Gasteiger partial charge in [-0.15, -0.1) is 0 Å². The number of nitrogens with one attached hydrogen (secondary N) is 1. The van der Waals surface area contributed by atoms with E-state index >= 15 is 0 Å². The third-order valence-corrected chi connectivity index (χ3v) is 3.98. The van der Waals surface area contributed by atoms with Crippen LogP contribution in [0.4, 0.5) is 8.78 Å². The summed E-state index contributed by atoms with van der Waals surface area (Å²) in [6.07, 6.45) is 1.81. The first-order chi connectivity index (χ1) is 9.50. The topological polar surface area (TPSA) is 32.3 Å². The van der Waals surface area contributed by atoms with Gasteiger partial charge in [-0.2, -0.15) is 0 Å². The molecule has 1 aliphatic heterocycles. The van der Waals surface area contributed by atoms with Gasteiger partial charge in [-0.1, -0.05) is 0 Å². The van der Waals surface area contributed by atoms with Crippen LogP contribution in [0.15, 0.2) is 18.2 Å².